The average molecular weight is 867 g/mol. The highest BCUT2D eigenvalue weighted by Gasteiger charge is 2.50. The largest absolute Gasteiger partial charge is 0.468 e. The molecule has 0 spiro atoms. The van der Waals surface area contributed by atoms with Gasteiger partial charge < -0.3 is 14.2 Å². The molecule has 66 heavy (non-hydrogen) atoms. The molecule has 0 bridgehead atoms. The van der Waals surface area contributed by atoms with Gasteiger partial charge in [-0.3, -0.25) is 0 Å². The molecule has 0 saturated heterocycles. The molecule has 0 amide bonds. The van der Waals surface area contributed by atoms with Gasteiger partial charge in [0.1, 0.15) is 5.58 Å². The van der Waals surface area contributed by atoms with Gasteiger partial charge in [0.05, 0.1) is 17.0 Å². The molecule has 1 aromatic heterocycles. The minimum atomic E-state index is -0.146. The van der Waals surface area contributed by atoms with Crippen LogP contribution in [-0.2, 0) is 27.1 Å². The first kappa shape index (κ1) is 42.9. The van der Waals surface area contributed by atoms with Crippen molar-refractivity contribution in [2.24, 2.45) is 0 Å². The molecule has 0 atom stereocenters. The van der Waals surface area contributed by atoms with Crippen molar-refractivity contribution in [3.05, 3.63) is 154 Å². The highest BCUT2D eigenvalue weighted by Crippen LogP contribution is 2.55. The average Bonchev–Trinajstić information content (AvgIpc) is 3.64. The molecule has 3 heterocycles. The standard InChI is InChI=1S/C62H67BN2O/c1-15-39-31-52-55-53(32-39)65(49-23-22-41(30-38(49)3)58(4,5)6)56-43-29-37(2)21-24-54(43)66-57(56)63(55)48-34-45-47(62(13,14)28-26-60(45,9)10)36-51(48)64(52)50-35-46-44(59(7,8)25-27-61(46,11)12)33-42(50)40-19-17-16-18-20-40/h15-24,29-36H,1,25-28H2,2-14H3. The van der Waals surface area contributed by atoms with E-state index in [1.54, 1.807) is 0 Å². The fourth-order valence-electron chi connectivity index (χ4n) is 12.3. The van der Waals surface area contributed by atoms with Crippen LogP contribution in [-0.4, -0.2) is 6.71 Å². The summed E-state index contributed by atoms with van der Waals surface area (Å²) in [5, 5.41) is 1.15. The summed E-state index contributed by atoms with van der Waals surface area (Å²) >= 11 is 0. The minimum Gasteiger partial charge on any atom is -0.468 e. The summed E-state index contributed by atoms with van der Waals surface area (Å²) in [6, 6.07) is 40.2. The SMILES string of the molecule is C=Cc1cc2c3c(c1)N(c1ccc(C(C)(C)C)cc1C)c1c(oc4ccc(C)cc14)B3c1cc3c(cc1N2c1cc2c(cc1-c1ccccc1)C(C)(C)CCC2(C)C)C(C)(C)CCC3(C)C. The lowest BCUT2D eigenvalue weighted by atomic mass is 9.35. The maximum Gasteiger partial charge on any atom is 0.297 e. The molecule has 0 unspecified atom stereocenters. The van der Waals surface area contributed by atoms with E-state index in [-0.39, 0.29) is 33.8 Å². The van der Waals surface area contributed by atoms with Gasteiger partial charge in [0.25, 0.3) is 6.71 Å². The molecule has 7 aromatic rings. The smallest absolute Gasteiger partial charge is 0.297 e. The lowest BCUT2D eigenvalue weighted by Gasteiger charge is -2.47. The third kappa shape index (κ3) is 6.29. The van der Waals surface area contributed by atoms with Crippen molar-refractivity contribution >= 4 is 74.5 Å². The first-order chi connectivity index (χ1) is 31.1. The normalized spacial score (nSPS) is 18.3. The number of aryl methyl sites for hydroxylation is 2. The van der Waals surface area contributed by atoms with Crippen LogP contribution in [0, 0.1) is 13.8 Å². The Kier molecular flexibility index (Phi) is 9.19. The van der Waals surface area contributed by atoms with Crippen molar-refractivity contribution in [2.75, 3.05) is 9.80 Å². The molecule has 2 aliphatic carbocycles. The van der Waals surface area contributed by atoms with Gasteiger partial charge in [0.2, 0.25) is 0 Å². The second-order valence-corrected chi connectivity index (χ2v) is 24.1. The number of hydrogen-bond donors (Lipinski definition) is 0. The number of nitrogens with zero attached hydrogens (tertiary/aromatic N) is 2. The Balaban J connectivity index is 1.32. The Morgan fingerprint density at radius 2 is 1.17 bits per heavy atom. The quantitative estimate of drug-likeness (QED) is 0.164. The van der Waals surface area contributed by atoms with Crippen molar-refractivity contribution in [1.82, 2.24) is 0 Å². The second kappa shape index (κ2) is 14.1. The van der Waals surface area contributed by atoms with Crippen LogP contribution in [0.15, 0.2) is 114 Å². The molecule has 3 nitrogen and oxygen atoms in total. The van der Waals surface area contributed by atoms with E-state index in [1.807, 2.05) is 0 Å². The lowest BCUT2D eigenvalue weighted by molar-refractivity contribution is 0.332. The second-order valence-electron chi connectivity index (χ2n) is 24.1. The monoisotopic (exact) mass is 867 g/mol. The zero-order valence-electron chi connectivity index (χ0n) is 41.8. The molecule has 0 N–H and O–H groups in total. The van der Waals surface area contributed by atoms with E-state index in [2.05, 4.69) is 216 Å². The van der Waals surface area contributed by atoms with Crippen LogP contribution >= 0.6 is 0 Å². The maximum absolute atomic E-state index is 7.39. The molecule has 6 aromatic carbocycles. The molecule has 0 saturated carbocycles. The fraction of sp³-hybridized carbons (Fsp3) is 0.355. The van der Waals surface area contributed by atoms with Crippen molar-refractivity contribution in [2.45, 2.75) is 143 Å². The van der Waals surface area contributed by atoms with Crippen LogP contribution in [0.3, 0.4) is 0 Å². The number of hydrogen-bond acceptors (Lipinski definition) is 3. The summed E-state index contributed by atoms with van der Waals surface area (Å²) in [6.07, 6.45) is 6.64. The van der Waals surface area contributed by atoms with E-state index in [4.69, 9.17) is 4.42 Å². The Bertz CT molecular complexity index is 3190. The number of anilines is 6. The van der Waals surface area contributed by atoms with Gasteiger partial charge in [-0.2, -0.15) is 0 Å². The fourth-order valence-corrected chi connectivity index (χ4v) is 12.3. The number of benzene rings is 6. The Hall–Kier alpha value is -5.74. The van der Waals surface area contributed by atoms with Crippen molar-refractivity contribution in [3.8, 4) is 11.1 Å². The summed E-state index contributed by atoms with van der Waals surface area (Å²) in [6.45, 7) is 35.4. The number of furan rings is 1. The van der Waals surface area contributed by atoms with Crippen LogP contribution in [0.5, 0.6) is 0 Å². The van der Waals surface area contributed by atoms with Crippen LogP contribution in [0.1, 0.15) is 146 Å². The molecular formula is C62H67BN2O. The molecule has 334 valence electrons. The van der Waals surface area contributed by atoms with Gasteiger partial charge in [0.15, 0.2) is 0 Å². The lowest BCUT2D eigenvalue weighted by Crippen LogP contribution is -2.61. The van der Waals surface area contributed by atoms with Crippen LogP contribution in [0.2, 0.25) is 0 Å². The van der Waals surface area contributed by atoms with Crippen molar-refractivity contribution in [1.29, 1.82) is 0 Å². The molecule has 0 fully saturated rings. The van der Waals surface area contributed by atoms with Gasteiger partial charge in [-0.25, -0.2) is 0 Å². The van der Waals surface area contributed by atoms with E-state index in [9.17, 15) is 0 Å². The zero-order valence-corrected chi connectivity index (χ0v) is 41.8. The van der Waals surface area contributed by atoms with E-state index in [1.165, 1.54) is 89.4 Å². The summed E-state index contributed by atoms with van der Waals surface area (Å²) < 4.78 is 7.39. The van der Waals surface area contributed by atoms with Gasteiger partial charge in [-0.05, 0) is 171 Å². The van der Waals surface area contributed by atoms with Gasteiger partial charge in [0, 0.05) is 33.7 Å². The predicted octanol–water partition coefficient (Wildman–Crippen LogP) is 15.4. The summed E-state index contributed by atoms with van der Waals surface area (Å²) in [5.74, 6) is 0. The summed E-state index contributed by atoms with van der Waals surface area (Å²) in [5.41, 5.74) is 25.0. The van der Waals surface area contributed by atoms with Crippen LogP contribution < -0.4 is 26.4 Å². The molecule has 0 radical (unpaired) electrons. The third-order valence-corrected chi connectivity index (χ3v) is 16.6. The molecular weight excluding hydrogens is 800 g/mol. The van der Waals surface area contributed by atoms with E-state index < -0.39 is 0 Å². The van der Waals surface area contributed by atoms with Gasteiger partial charge in [-0.15, -0.1) is 0 Å². The molecule has 4 aliphatic rings. The van der Waals surface area contributed by atoms with Crippen LogP contribution in [0.25, 0.3) is 28.2 Å². The van der Waals surface area contributed by atoms with E-state index >= 15 is 0 Å². The number of fused-ring (bicyclic) bond motifs is 8. The topological polar surface area (TPSA) is 19.6 Å². The highest BCUT2D eigenvalue weighted by molar-refractivity contribution is 7.00. The number of rotatable bonds is 4. The zero-order chi connectivity index (χ0) is 46.6. The third-order valence-electron chi connectivity index (χ3n) is 16.6. The first-order valence-electron chi connectivity index (χ1n) is 24.6. The Labute approximate surface area is 395 Å². The van der Waals surface area contributed by atoms with Gasteiger partial charge >= 0.3 is 0 Å². The highest BCUT2D eigenvalue weighted by atomic mass is 16.3. The summed E-state index contributed by atoms with van der Waals surface area (Å²) in [7, 11) is 0. The van der Waals surface area contributed by atoms with Crippen molar-refractivity contribution in [3.63, 3.8) is 0 Å². The Morgan fingerprint density at radius 3 is 1.76 bits per heavy atom. The maximum atomic E-state index is 7.39. The molecule has 2 aliphatic heterocycles. The molecule has 11 rings (SSSR count). The Morgan fingerprint density at radius 1 is 0.591 bits per heavy atom. The predicted molar refractivity (Wildman–Crippen MR) is 285 cm³/mol. The first-order valence-corrected chi connectivity index (χ1v) is 24.6. The van der Waals surface area contributed by atoms with Gasteiger partial charge in [-0.1, -0.05) is 149 Å². The minimum absolute atomic E-state index is 0.00619. The summed E-state index contributed by atoms with van der Waals surface area (Å²) in [4.78, 5) is 5.23. The van der Waals surface area contributed by atoms with Crippen LogP contribution in [0.4, 0.5) is 34.1 Å². The van der Waals surface area contributed by atoms with Crippen molar-refractivity contribution < 1.29 is 4.42 Å². The van der Waals surface area contributed by atoms with E-state index in [0.717, 1.165) is 53.6 Å². The van der Waals surface area contributed by atoms with E-state index in [0.29, 0.717) is 0 Å². The molecule has 4 heteroatoms.